The smallest absolute Gasteiger partial charge is 0.166 e. The number of alkyl halides is 6. The van der Waals surface area contributed by atoms with E-state index in [2.05, 4.69) is 0 Å². The van der Waals surface area contributed by atoms with E-state index in [9.17, 15) is 26.3 Å². The zero-order valence-electron chi connectivity index (χ0n) is 12.4. The van der Waals surface area contributed by atoms with E-state index in [1.165, 1.54) is 0 Å². The lowest BCUT2D eigenvalue weighted by Gasteiger charge is -2.14. The lowest BCUT2D eigenvalue weighted by Crippen LogP contribution is -2.10. The van der Waals surface area contributed by atoms with E-state index in [1.54, 1.807) is 18.2 Å². The van der Waals surface area contributed by atoms with Crippen LogP contribution in [0.3, 0.4) is 0 Å². The van der Waals surface area contributed by atoms with Gasteiger partial charge in [-0.1, -0.05) is 42.1 Å². The Balaban J connectivity index is 2.03. The maximum absolute atomic E-state index is 12.9. The highest BCUT2D eigenvalue weighted by Gasteiger charge is 2.36. The fourth-order valence-corrected chi connectivity index (χ4v) is 3.32. The molecule has 3 aromatic rings. The molecule has 0 aliphatic carbocycles. The summed E-state index contributed by atoms with van der Waals surface area (Å²) in [5.41, 5.74) is -2.63. The van der Waals surface area contributed by atoms with Crippen LogP contribution < -0.4 is 0 Å². The van der Waals surface area contributed by atoms with Gasteiger partial charge in [0.15, 0.2) is 0 Å². The Hall–Kier alpha value is -2.15. The van der Waals surface area contributed by atoms with E-state index in [0.29, 0.717) is 4.90 Å². The second kappa shape index (κ2) is 6.29. The van der Waals surface area contributed by atoms with Crippen molar-refractivity contribution in [3.05, 3.63) is 71.8 Å². The number of hydrogen-bond donors (Lipinski definition) is 0. The Morgan fingerprint density at radius 1 is 0.560 bits per heavy atom. The average Bonchev–Trinajstić information content (AvgIpc) is 2.53. The largest absolute Gasteiger partial charge is 0.416 e. The third-order valence-corrected chi connectivity index (χ3v) is 4.48. The molecule has 0 aliphatic heterocycles. The van der Waals surface area contributed by atoms with E-state index in [4.69, 9.17) is 0 Å². The molecule has 0 aromatic heterocycles. The second-order valence-corrected chi connectivity index (χ2v) is 6.50. The summed E-state index contributed by atoms with van der Waals surface area (Å²) >= 11 is 0.863. The van der Waals surface area contributed by atoms with Gasteiger partial charge in [-0.25, -0.2) is 0 Å². The molecule has 7 heteroatoms. The Bertz CT molecular complexity index is 879. The minimum Gasteiger partial charge on any atom is -0.166 e. The van der Waals surface area contributed by atoms with Crippen LogP contribution >= 0.6 is 11.8 Å². The lowest BCUT2D eigenvalue weighted by atomic mass is 10.1. The zero-order chi connectivity index (χ0) is 18.2. The summed E-state index contributed by atoms with van der Waals surface area (Å²) in [5, 5.41) is 1.79. The molecular formula is C18H10F6S. The molecule has 0 N–H and O–H groups in total. The molecule has 0 amide bonds. The van der Waals surface area contributed by atoms with Gasteiger partial charge in [0.2, 0.25) is 0 Å². The summed E-state index contributed by atoms with van der Waals surface area (Å²) in [5.74, 6) is 0. The Kier molecular flexibility index (Phi) is 4.45. The van der Waals surface area contributed by atoms with Gasteiger partial charge in [-0.05, 0) is 41.1 Å². The molecule has 0 bridgehead atoms. The maximum Gasteiger partial charge on any atom is 0.416 e. The summed E-state index contributed by atoms with van der Waals surface area (Å²) in [6.07, 6.45) is -9.69. The van der Waals surface area contributed by atoms with Crippen LogP contribution in [0, 0.1) is 0 Å². The second-order valence-electron chi connectivity index (χ2n) is 5.35. The van der Waals surface area contributed by atoms with Crippen molar-refractivity contribution in [1.82, 2.24) is 0 Å². The third-order valence-electron chi connectivity index (χ3n) is 3.52. The fourth-order valence-electron chi connectivity index (χ4n) is 2.35. The standard InChI is InChI=1S/C18H10F6S/c19-17(20,21)13-8-14(18(22,23)24)10-16(9-13)25-15-6-5-11-3-1-2-4-12(11)7-15/h1-10H. The van der Waals surface area contributed by atoms with Gasteiger partial charge in [-0.2, -0.15) is 26.3 Å². The molecule has 0 unspecified atom stereocenters. The molecule has 0 saturated carbocycles. The zero-order valence-corrected chi connectivity index (χ0v) is 13.3. The minimum atomic E-state index is -4.85. The highest BCUT2D eigenvalue weighted by Crippen LogP contribution is 2.40. The topological polar surface area (TPSA) is 0 Å². The number of hydrogen-bond acceptors (Lipinski definition) is 1. The van der Waals surface area contributed by atoms with Gasteiger partial charge >= 0.3 is 12.4 Å². The Morgan fingerprint density at radius 3 is 1.68 bits per heavy atom. The molecule has 0 atom stereocenters. The van der Waals surface area contributed by atoms with E-state index in [0.717, 1.165) is 34.7 Å². The van der Waals surface area contributed by atoms with Crippen molar-refractivity contribution in [3.8, 4) is 0 Å². The van der Waals surface area contributed by atoms with Crippen LogP contribution in [0.25, 0.3) is 10.8 Å². The van der Waals surface area contributed by atoms with Crippen molar-refractivity contribution in [3.63, 3.8) is 0 Å². The van der Waals surface area contributed by atoms with Crippen LogP contribution in [-0.2, 0) is 12.4 Å². The summed E-state index contributed by atoms with van der Waals surface area (Å²) in [6, 6.07) is 14.1. The first-order valence-corrected chi connectivity index (χ1v) is 7.91. The number of halogens is 6. The van der Waals surface area contributed by atoms with E-state index >= 15 is 0 Å². The van der Waals surface area contributed by atoms with Crippen molar-refractivity contribution in [2.75, 3.05) is 0 Å². The van der Waals surface area contributed by atoms with Gasteiger partial charge in [-0.15, -0.1) is 0 Å². The van der Waals surface area contributed by atoms with Crippen molar-refractivity contribution < 1.29 is 26.3 Å². The Labute approximate surface area is 143 Å². The summed E-state index contributed by atoms with van der Waals surface area (Å²) in [7, 11) is 0. The monoisotopic (exact) mass is 372 g/mol. The molecule has 3 rings (SSSR count). The fraction of sp³-hybridized carbons (Fsp3) is 0.111. The van der Waals surface area contributed by atoms with Crippen LogP contribution in [0.15, 0.2) is 70.5 Å². The number of fused-ring (bicyclic) bond motifs is 1. The van der Waals surface area contributed by atoms with Crippen LogP contribution in [0.1, 0.15) is 11.1 Å². The number of benzene rings is 3. The molecule has 0 heterocycles. The van der Waals surface area contributed by atoms with Crippen LogP contribution in [0.4, 0.5) is 26.3 Å². The molecular weight excluding hydrogens is 362 g/mol. The predicted molar refractivity (Wildman–Crippen MR) is 84.5 cm³/mol. The maximum atomic E-state index is 12.9. The van der Waals surface area contributed by atoms with Gasteiger partial charge < -0.3 is 0 Å². The number of rotatable bonds is 2. The van der Waals surface area contributed by atoms with Crippen molar-refractivity contribution in [2.24, 2.45) is 0 Å². The van der Waals surface area contributed by atoms with Crippen molar-refractivity contribution in [1.29, 1.82) is 0 Å². The van der Waals surface area contributed by atoms with Gasteiger partial charge in [0, 0.05) is 9.79 Å². The first-order valence-electron chi connectivity index (χ1n) is 7.09. The first kappa shape index (κ1) is 17.7. The SMILES string of the molecule is FC(F)(F)c1cc(Sc2ccc3ccccc3c2)cc(C(F)(F)F)c1. The van der Waals surface area contributed by atoms with Crippen molar-refractivity contribution in [2.45, 2.75) is 22.1 Å². The van der Waals surface area contributed by atoms with Gasteiger partial charge in [0.25, 0.3) is 0 Å². The summed E-state index contributed by atoms with van der Waals surface area (Å²) in [6.45, 7) is 0. The summed E-state index contributed by atoms with van der Waals surface area (Å²) < 4.78 is 77.4. The van der Waals surface area contributed by atoms with Crippen molar-refractivity contribution >= 4 is 22.5 Å². The van der Waals surface area contributed by atoms with Crippen LogP contribution in [-0.4, -0.2) is 0 Å². The molecule has 0 saturated heterocycles. The van der Waals surface area contributed by atoms with E-state index in [-0.39, 0.29) is 11.0 Å². The molecule has 25 heavy (non-hydrogen) atoms. The normalized spacial score (nSPS) is 12.6. The van der Waals surface area contributed by atoms with Crippen LogP contribution in [0.5, 0.6) is 0 Å². The lowest BCUT2D eigenvalue weighted by molar-refractivity contribution is -0.143. The van der Waals surface area contributed by atoms with E-state index < -0.39 is 23.5 Å². The van der Waals surface area contributed by atoms with Gasteiger partial charge in [0.1, 0.15) is 0 Å². The van der Waals surface area contributed by atoms with Crippen LogP contribution in [0.2, 0.25) is 0 Å². The molecule has 0 aliphatic rings. The summed E-state index contributed by atoms with van der Waals surface area (Å²) in [4.78, 5) is 0.448. The molecule has 130 valence electrons. The average molecular weight is 372 g/mol. The molecule has 3 aromatic carbocycles. The van der Waals surface area contributed by atoms with Gasteiger partial charge in [0.05, 0.1) is 11.1 Å². The molecule has 0 spiro atoms. The highest BCUT2D eigenvalue weighted by atomic mass is 32.2. The molecule has 0 fully saturated rings. The third kappa shape index (κ3) is 4.10. The van der Waals surface area contributed by atoms with E-state index in [1.807, 2.05) is 24.3 Å². The molecule has 0 nitrogen and oxygen atoms in total. The minimum absolute atomic E-state index is 0.113. The molecule has 0 radical (unpaired) electrons. The highest BCUT2D eigenvalue weighted by molar-refractivity contribution is 7.99. The Morgan fingerprint density at radius 2 is 1.12 bits per heavy atom. The predicted octanol–water partition coefficient (Wildman–Crippen LogP) is 7.03. The quantitative estimate of drug-likeness (QED) is 0.435. The first-order chi connectivity index (χ1) is 11.6. The van der Waals surface area contributed by atoms with Gasteiger partial charge in [-0.3, -0.25) is 0 Å².